The molecule has 6 heteroatoms. The highest BCUT2D eigenvalue weighted by Crippen LogP contribution is 2.16. The summed E-state index contributed by atoms with van der Waals surface area (Å²) in [6.45, 7) is 6.24. The van der Waals surface area contributed by atoms with Gasteiger partial charge in [0.1, 0.15) is 0 Å². The zero-order chi connectivity index (χ0) is 12.4. The average molecular weight is 276 g/mol. The van der Waals surface area contributed by atoms with Crippen molar-refractivity contribution < 1.29 is 9.59 Å². The van der Waals surface area contributed by atoms with E-state index in [4.69, 9.17) is 0 Å². The first-order valence-electron chi connectivity index (χ1n) is 6.38. The SMILES string of the molecule is CC1CN(C(=O)C2CCC(=O)NC2)CC(C)N1.Cl. The van der Waals surface area contributed by atoms with Crippen molar-refractivity contribution >= 4 is 24.2 Å². The van der Waals surface area contributed by atoms with Gasteiger partial charge in [0.2, 0.25) is 11.8 Å². The first-order chi connectivity index (χ1) is 8.06. The Kier molecular flexibility index (Phi) is 5.41. The summed E-state index contributed by atoms with van der Waals surface area (Å²) in [4.78, 5) is 25.3. The van der Waals surface area contributed by atoms with Crippen LogP contribution in [0.15, 0.2) is 0 Å². The molecule has 0 saturated carbocycles. The molecule has 2 aliphatic heterocycles. The Bertz CT molecular complexity index is 304. The first kappa shape index (κ1) is 15.2. The predicted molar refractivity (Wildman–Crippen MR) is 71.6 cm³/mol. The zero-order valence-electron chi connectivity index (χ0n) is 10.9. The van der Waals surface area contributed by atoms with Crippen LogP contribution in [0.5, 0.6) is 0 Å². The quantitative estimate of drug-likeness (QED) is 0.716. The number of carbonyl (C=O) groups is 2. The third kappa shape index (κ3) is 3.59. The van der Waals surface area contributed by atoms with Gasteiger partial charge < -0.3 is 15.5 Å². The second-order valence-corrected chi connectivity index (χ2v) is 5.25. The summed E-state index contributed by atoms with van der Waals surface area (Å²) in [7, 11) is 0. The predicted octanol–water partition coefficient (Wildman–Crippen LogP) is 0.143. The minimum atomic E-state index is -0.0230. The molecule has 2 aliphatic rings. The summed E-state index contributed by atoms with van der Waals surface area (Å²) in [5.74, 6) is 0.242. The largest absolute Gasteiger partial charge is 0.355 e. The molecule has 2 heterocycles. The van der Waals surface area contributed by atoms with Crippen LogP contribution >= 0.6 is 12.4 Å². The highest BCUT2D eigenvalue weighted by molar-refractivity contribution is 5.85. The number of piperidine rings is 1. The van der Waals surface area contributed by atoms with Crippen molar-refractivity contribution in [3.63, 3.8) is 0 Å². The van der Waals surface area contributed by atoms with E-state index in [1.54, 1.807) is 0 Å². The molecule has 0 aromatic rings. The van der Waals surface area contributed by atoms with Crippen LogP contribution in [0.1, 0.15) is 26.7 Å². The maximum absolute atomic E-state index is 12.3. The molecule has 3 atom stereocenters. The Morgan fingerprint density at radius 2 is 1.89 bits per heavy atom. The van der Waals surface area contributed by atoms with E-state index in [1.807, 2.05) is 4.90 Å². The fourth-order valence-electron chi connectivity index (χ4n) is 2.71. The minimum absolute atomic E-state index is 0. The van der Waals surface area contributed by atoms with Crippen LogP contribution in [-0.2, 0) is 9.59 Å². The molecule has 2 rings (SSSR count). The molecule has 104 valence electrons. The van der Waals surface area contributed by atoms with Gasteiger partial charge >= 0.3 is 0 Å². The fourth-order valence-corrected chi connectivity index (χ4v) is 2.71. The average Bonchev–Trinajstić information content (AvgIpc) is 2.28. The number of rotatable bonds is 1. The number of hydrogen-bond donors (Lipinski definition) is 2. The van der Waals surface area contributed by atoms with E-state index in [0.717, 1.165) is 13.1 Å². The van der Waals surface area contributed by atoms with Gasteiger partial charge in [0.05, 0.1) is 5.92 Å². The smallest absolute Gasteiger partial charge is 0.227 e. The van der Waals surface area contributed by atoms with Crippen LogP contribution in [0.25, 0.3) is 0 Å². The zero-order valence-corrected chi connectivity index (χ0v) is 11.8. The summed E-state index contributed by atoms with van der Waals surface area (Å²) in [5, 5.41) is 6.18. The second-order valence-electron chi connectivity index (χ2n) is 5.25. The van der Waals surface area contributed by atoms with Crippen LogP contribution in [0, 0.1) is 5.92 Å². The van der Waals surface area contributed by atoms with Crippen LogP contribution in [0.3, 0.4) is 0 Å². The number of hydrogen-bond acceptors (Lipinski definition) is 3. The Morgan fingerprint density at radius 3 is 2.39 bits per heavy atom. The van der Waals surface area contributed by atoms with Gasteiger partial charge in [0.15, 0.2) is 0 Å². The molecule has 2 fully saturated rings. The number of nitrogens with zero attached hydrogens (tertiary/aromatic N) is 1. The van der Waals surface area contributed by atoms with Crippen molar-refractivity contribution in [1.82, 2.24) is 15.5 Å². The summed E-state index contributed by atoms with van der Waals surface area (Å²) < 4.78 is 0. The number of halogens is 1. The molecule has 18 heavy (non-hydrogen) atoms. The van der Waals surface area contributed by atoms with Gasteiger partial charge in [-0.15, -0.1) is 12.4 Å². The molecular weight excluding hydrogens is 254 g/mol. The standard InChI is InChI=1S/C12H21N3O2.ClH/c1-8-6-15(7-9(2)14-8)12(17)10-3-4-11(16)13-5-10;/h8-10,14H,3-7H2,1-2H3,(H,13,16);1H. The van der Waals surface area contributed by atoms with Crippen LogP contribution < -0.4 is 10.6 Å². The maximum Gasteiger partial charge on any atom is 0.227 e. The lowest BCUT2D eigenvalue weighted by atomic mass is 9.96. The van der Waals surface area contributed by atoms with E-state index < -0.39 is 0 Å². The van der Waals surface area contributed by atoms with E-state index in [1.165, 1.54) is 0 Å². The molecule has 0 aromatic carbocycles. The molecule has 0 aromatic heterocycles. The molecule has 5 nitrogen and oxygen atoms in total. The van der Waals surface area contributed by atoms with Crippen LogP contribution in [-0.4, -0.2) is 48.4 Å². The van der Waals surface area contributed by atoms with Crippen molar-refractivity contribution in [2.45, 2.75) is 38.8 Å². The number of amides is 2. The van der Waals surface area contributed by atoms with Gasteiger partial charge in [0.25, 0.3) is 0 Å². The van der Waals surface area contributed by atoms with Gasteiger partial charge in [-0.05, 0) is 20.3 Å². The molecule has 2 N–H and O–H groups in total. The Morgan fingerprint density at radius 1 is 1.28 bits per heavy atom. The highest BCUT2D eigenvalue weighted by Gasteiger charge is 2.31. The molecule has 0 bridgehead atoms. The lowest BCUT2D eigenvalue weighted by molar-refractivity contribution is -0.139. The van der Waals surface area contributed by atoms with E-state index in [0.29, 0.717) is 31.5 Å². The third-order valence-electron chi connectivity index (χ3n) is 3.48. The molecule has 0 radical (unpaired) electrons. The van der Waals surface area contributed by atoms with Crippen molar-refractivity contribution in [3.8, 4) is 0 Å². The first-order valence-corrected chi connectivity index (χ1v) is 6.38. The molecule has 0 aliphatic carbocycles. The summed E-state index contributed by atoms with van der Waals surface area (Å²) in [5.41, 5.74) is 0. The van der Waals surface area contributed by atoms with Crippen molar-refractivity contribution in [3.05, 3.63) is 0 Å². The van der Waals surface area contributed by atoms with Crippen molar-refractivity contribution in [2.75, 3.05) is 19.6 Å². The van der Waals surface area contributed by atoms with Crippen molar-refractivity contribution in [1.29, 1.82) is 0 Å². The summed E-state index contributed by atoms with van der Waals surface area (Å²) >= 11 is 0. The van der Waals surface area contributed by atoms with E-state index in [9.17, 15) is 9.59 Å². The van der Waals surface area contributed by atoms with Gasteiger partial charge in [-0.25, -0.2) is 0 Å². The minimum Gasteiger partial charge on any atom is -0.355 e. The molecule has 2 amide bonds. The van der Waals surface area contributed by atoms with E-state index in [-0.39, 0.29) is 30.1 Å². The van der Waals surface area contributed by atoms with Gasteiger partial charge in [-0.1, -0.05) is 0 Å². The van der Waals surface area contributed by atoms with Gasteiger partial charge in [-0.3, -0.25) is 9.59 Å². The lowest BCUT2D eigenvalue weighted by Gasteiger charge is -2.38. The number of nitrogens with one attached hydrogen (secondary N) is 2. The van der Waals surface area contributed by atoms with Gasteiger partial charge in [0, 0.05) is 38.1 Å². The number of piperazine rings is 1. The molecule has 3 unspecified atom stereocenters. The Hall–Kier alpha value is -0.810. The summed E-state index contributed by atoms with van der Waals surface area (Å²) in [6, 6.07) is 0.696. The van der Waals surface area contributed by atoms with E-state index in [2.05, 4.69) is 24.5 Å². The second kappa shape index (κ2) is 6.38. The Balaban J connectivity index is 0.00000162. The van der Waals surface area contributed by atoms with Crippen LogP contribution in [0.2, 0.25) is 0 Å². The fraction of sp³-hybridized carbons (Fsp3) is 0.833. The van der Waals surface area contributed by atoms with Crippen molar-refractivity contribution in [2.24, 2.45) is 5.92 Å². The monoisotopic (exact) mass is 275 g/mol. The van der Waals surface area contributed by atoms with E-state index >= 15 is 0 Å². The lowest BCUT2D eigenvalue weighted by Crippen LogP contribution is -2.58. The molecular formula is C12H22ClN3O2. The van der Waals surface area contributed by atoms with Crippen LogP contribution in [0.4, 0.5) is 0 Å². The maximum atomic E-state index is 12.3. The molecule has 2 saturated heterocycles. The topological polar surface area (TPSA) is 61.4 Å². The highest BCUT2D eigenvalue weighted by atomic mass is 35.5. The molecule has 0 spiro atoms. The van der Waals surface area contributed by atoms with Gasteiger partial charge in [-0.2, -0.15) is 0 Å². The number of carbonyl (C=O) groups excluding carboxylic acids is 2. The Labute approximate surface area is 114 Å². The normalized spacial score (nSPS) is 32.4. The summed E-state index contributed by atoms with van der Waals surface area (Å²) in [6.07, 6.45) is 1.17. The third-order valence-corrected chi connectivity index (χ3v) is 3.48.